The van der Waals surface area contributed by atoms with Gasteiger partial charge in [-0.25, -0.2) is 0 Å². The molecule has 1 heterocycles. The van der Waals surface area contributed by atoms with Crippen molar-refractivity contribution in [2.24, 2.45) is 5.92 Å². The Morgan fingerprint density at radius 3 is 2.14 bits per heavy atom. The second-order valence-electron chi connectivity index (χ2n) is 6.21. The minimum atomic E-state index is 0.146. The number of Topliss-reactive ketones (excluding diaryl/α,β-unsaturated/α-hetero) is 1. The predicted octanol–water partition coefficient (Wildman–Crippen LogP) is 3.42. The first-order valence-electron chi connectivity index (χ1n) is 8.27. The van der Waals surface area contributed by atoms with E-state index in [9.17, 15) is 4.79 Å². The topological polar surface area (TPSA) is 33.7 Å². The number of rotatable bonds is 4. The van der Waals surface area contributed by atoms with Gasteiger partial charge in [-0.15, -0.1) is 0 Å². The van der Waals surface area contributed by atoms with Gasteiger partial charge < -0.3 is 5.32 Å². The van der Waals surface area contributed by atoms with Crippen molar-refractivity contribution in [1.82, 2.24) is 0 Å². The first kappa shape index (κ1) is 15.0. The van der Waals surface area contributed by atoms with Crippen LogP contribution in [0.25, 0.3) is 0 Å². The predicted molar refractivity (Wildman–Crippen MR) is 88.3 cm³/mol. The lowest BCUT2D eigenvalue weighted by atomic mass is 9.79. The van der Waals surface area contributed by atoms with E-state index >= 15 is 0 Å². The van der Waals surface area contributed by atoms with Crippen LogP contribution in [0.15, 0.2) is 60.7 Å². The maximum atomic E-state index is 12.7. The molecule has 0 amide bonds. The van der Waals surface area contributed by atoms with Gasteiger partial charge in [0.25, 0.3) is 0 Å². The average molecular weight is 294 g/mol. The third-order valence-corrected chi connectivity index (χ3v) is 4.72. The van der Waals surface area contributed by atoms with Gasteiger partial charge in [-0.05, 0) is 6.42 Å². The van der Waals surface area contributed by atoms with E-state index in [2.05, 4.69) is 60.8 Å². The van der Waals surface area contributed by atoms with Crippen LogP contribution in [0.5, 0.6) is 0 Å². The normalized spacial score (nSPS) is 25.1. The summed E-state index contributed by atoms with van der Waals surface area (Å²) in [5.74, 6) is 0.569. The maximum Gasteiger partial charge on any atom is 0.148 e. The zero-order chi connectivity index (χ0) is 15.4. The third kappa shape index (κ3) is 3.12. The number of benzene rings is 2. The lowest BCUT2D eigenvalue weighted by molar-refractivity contribution is -0.743. The molecule has 0 aliphatic carbocycles. The van der Waals surface area contributed by atoms with Gasteiger partial charge in [0.05, 0.1) is 12.3 Å². The van der Waals surface area contributed by atoms with Crippen LogP contribution in [0, 0.1) is 5.92 Å². The summed E-state index contributed by atoms with van der Waals surface area (Å²) in [4.78, 5) is 12.7. The monoisotopic (exact) mass is 294 g/mol. The molecule has 0 saturated carbocycles. The molecule has 2 N–H and O–H groups in total. The molecule has 0 aromatic heterocycles. The minimum Gasteiger partial charge on any atom is -0.333 e. The molecule has 2 aromatic carbocycles. The van der Waals surface area contributed by atoms with Gasteiger partial charge in [0.2, 0.25) is 0 Å². The van der Waals surface area contributed by atoms with E-state index in [0.29, 0.717) is 12.2 Å². The molecule has 1 aliphatic rings. The number of piperidine rings is 1. The van der Waals surface area contributed by atoms with E-state index in [1.165, 1.54) is 11.1 Å². The molecule has 0 unspecified atom stereocenters. The van der Waals surface area contributed by atoms with Crippen molar-refractivity contribution in [3.8, 4) is 0 Å². The quantitative estimate of drug-likeness (QED) is 0.921. The molecule has 114 valence electrons. The smallest absolute Gasteiger partial charge is 0.148 e. The van der Waals surface area contributed by atoms with Crippen LogP contribution in [0.2, 0.25) is 0 Å². The fraction of sp³-hybridized carbons (Fsp3) is 0.350. The molecule has 0 spiro atoms. The zero-order valence-corrected chi connectivity index (χ0v) is 13.1. The Kier molecular flexibility index (Phi) is 4.69. The van der Waals surface area contributed by atoms with Crippen molar-refractivity contribution >= 4 is 5.78 Å². The molecule has 3 rings (SSSR count). The van der Waals surface area contributed by atoms with E-state index in [0.717, 1.165) is 12.8 Å². The van der Waals surface area contributed by atoms with E-state index in [-0.39, 0.29) is 18.0 Å². The van der Waals surface area contributed by atoms with E-state index in [1.54, 1.807) is 0 Å². The highest BCUT2D eigenvalue weighted by Gasteiger charge is 2.40. The van der Waals surface area contributed by atoms with Crippen molar-refractivity contribution in [2.75, 3.05) is 0 Å². The molecule has 2 nitrogen and oxygen atoms in total. The van der Waals surface area contributed by atoms with Gasteiger partial charge in [-0.2, -0.15) is 0 Å². The average Bonchev–Trinajstić information content (AvgIpc) is 2.58. The first-order chi connectivity index (χ1) is 10.8. The lowest BCUT2D eigenvalue weighted by Gasteiger charge is -2.33. The lowest BCUT2D eigenvalue weighted by Crippen LogP contribution is -2.90. The first-order valence-corrected chi connectivity index (χ1v) is 8.27. The molecule has 2 aromatic rings. The number of carbonyl (C=O) groups is 1. The summed E-state index contributed by atoms with van der Waals surface area (Å²) in [7, 11) is 0. The number of carbonyl (C=O) groups excluding carboxylic acids is 1. The molecule has 2 heteroatoms. The fourth-order valence-electron chi connectivity index (χ4n) is 3.62. The Balaban J connectivity index is 1.90. The van der Waals surface area contributed by atoms with Crippen LogP contribution in [0.3, 0.4) is 0 Å². The molecule has 3 atom stereocenters. The fourth-order valence-corrected chi connectivity index (χ4v) is 3.62. The van der Waals surface area contributed by atoms with Gasteiger partial charge in [-0.3, -0.25) is 4.79 Å². The number of ketones is 1. The Hall–Kier alpha value is -1.93. The second kappa shape index (κ2) is 6.89. The SMILES string of the molecule is CCC[C@@H]1C(=O)C[C@@H](c2ccccc2)[NH2+][C@@H]1c1ccccc1. The number of quaternary nitrogens is 1. The van der Waals surface area contributed by atoms with Crippen LogP contribution in [0.4, 0.5) is 0 Å². The molecule has 0 radical (unpaired) electrons. The molecule has 22 heavy (non-hydrogen) atoms. The summed E-state index contributed by atoms with van der Waals surface area (Å²) in [6.45, 7) is 2.17. The van der Waals surface area contributed by atoms with Crippen molar-refractivity contribution in [3.63, 3.8) is 0 Å². The Morgan fingerprint density at radius 2 is 1.55 bits per heavy atom. The van der Waals surface area contributed by atoms with E-state index in [4.69, 9.17) is 0 Å². The molecule has 1 saturated heterocycles. The highest BCUT2D eigenvalue weighted by molar-refractivity contribution is 5.82. The maximum absolute atomic E-state index is 12.7. The summed E-state index contributed by atoms with van der Waals surface area (Å²) < 4.78 is 0. The highest BCUT2D eigenvalue weighted by Crippen LogP contribution is 2.31. The zero-order valence-electron chi connectivity index (χ0n) is 13.1. The minimum absolute atomic E-state index is 0.146. The Labute approximate surface area is 132 Å². The molecular formula is C20H24NO+. The summed E-state index contributed by atoms with van der Waals surface area (Å²) >= 11 is 0. The number of hydrogen-bond acceptors (Lipinski definition) is 1. The number of hydrogen-bond donors (Lipinski definition) is 1. The molecule has 0 bridgehead atoms. The standard InChI is InChI=1S/C20H23NO/c1-2-9-17-19(22)14-18(15-10-5-3-6-11-15)21-20(17)16-12-7-4-8-13-16/h3-8,10-13,17-18,20-21H,2,9,14H2,1H3/p+1/t17-,18+,20-/m1/s1. The van der Waals surface area contributed by atoms with Gasteiger partial charge in [0.15, 0.2) is 0 Å². The summed E-state index contributed by atoms with van der Waals surface area (Å²) in [6.07, 6.45) is 2.69. The van der Waals surface area contributed by atoms with Crippen molar-refractivity contribution in [2.45, 2.75) is 38.3 Å². The van der Waals surface area contributed by atoms with Crippen LogP contribution >= 0.6 is 0 Å². The molecular weight excluding hydrogens is 270 g/mol. The van der Waals surface area contributed by atoms with Gasteiger partial charge in [0.1, 0.15) is 17.9 Å². The van der Waals surface area contributed by atoms with Gasteiger partial charge in [0, 0.05) is 11.1 Å². The van der Waals surface area contributed by atoms with Crippen molar-refractivity contribution < 1.29 is 10.1 Å². The number of nitrogens with two attached hydrogens (primary N) is 1. The third-order valence-electron chi connectivity index (χ3n) is 4.72. The van der Waals surface area contributed by atoms with Crippen molar-refractivity contribution in [1.29, 1.82) is 0 Å². The van der Waals surface area contributed by atoms with Crippen LogP contribution in [-0.2, 0) is 4.79 Å². The van der Waals surface area contributed by atoms with E-state index < -0.39 is 0 Å². The summed E-state index contributed by atoms with van der Waals surface area (Å²) in [5, 5.41) is 2.41. The Bertz CT molecular complexity index is 608. The molecule has 1 fully saturated rings. The van der Waals surface area contributed by atoms with Crippen LogP contribution in [-0.4, -0.2) is 5.78 Å². The summed E-state index contributed by atoms with van der Waals surface area (Å²) in [6, 6.07) is 21.4. The van der Waals surface area contributed by atoms with E-state index in [1.807, 2.05) is 12.1 Å². The second-order valence-corrected chi connectivity index (χ2v) is 6.21. The van der Waals surface area contributed by atoms with Crippen LogP contribution in [0.1, 0.15) is 49.4 Å². The van der Waals surface area contributed by atoms with Crippen molar-refractivity contribution in [3.05, 3.63) is 71.8 Å². The van der Waals surface area contributed by atoms with Gasteiger partial charge >= 0.3 is 0 Å². The highest BCUT2D eigenvalue weighted by atomic mass is 16.1. The van der Waals surface area contributed by atoms with Gasteiger partial charge in [-0.1, -0.05) is 74.0 Å². The Morgan fingerprint density at radius 1 is 0.955 bits per heavy atom. The molecule has 1 aliphatic heterocycles. The van der Waals surface area contributed by atoms with Crippen LogP contribution < -0.4 is 5.32 Å². The summed E-state index contributed by atoms with van der Waals surface area (Å²) in [5.41, 5.74) is 2.53. The largest absolute Gasteiger partial charge is 0.333 e.